The molecule has 0 saturated heterocycles. The van der Waals surface area contributed by atoms with Crippen LogP contribution in [0.3, 0.4) is 0 Å². The van der Waals surface area contributed by atoms with Crippen molar-refractivity contribution in [1.29, 1.82) is 5.26 Å². The molecule has 7 heteroatoms. The Labute approximate surface area is 96.9 Å². The molecule has 0 atom stereocenters. The van der Waals surface area contributed by atoms with E-state index in [0.717, 1.165) is 15.9 Å². The molecule has 6 nitrogen and oxygen atoms in total. The fraction of sp³-hybridized carbons (Fsp3) is 0.333. The zero-order chi connectivity index (χ0) is 11.7. The minimum atomic E-state index is 0.593. The lowest BCUT2D eigenvalue weighted by molar-refractivity contribution is 0.687. The van der Waals surface area contributed by atoms with Gasteiger partial charge in [-0.1, -0.05) is 0 Å². The number of aromatic nitrogens is 5. The van der Waals surface area contributed by atoms with Gasteiger partial charge in [0.05, 0.1) is 5.69 Å². The van der Waals surface area contributed by atoms with Crippen LogP contribution in [0.2, 0.25) is 0 Å². The number of nitrogens with zero attached hydrogens (tertiary/aromatic N) is 6. The fourth-order valence-corrected chi connectivity index (χ4v) is 2.25. The highest BCUT2D eigenvalue weighted by Gasteiger charge is 2.16. The van der Waals surface area contributed by atoms with Crippen molar-refractivity contribution >= 4 is 11.8 Å². The lowest BCUT2D eigenvalue weighted by atomic mass is 10.3. The summed E-state index contributed by atoms with van der Waals surface area (Å²) >= 11 is 1.39. The van der Waals surface area contributed by atoms with Gasteiger partial charge in [-0.05, 0) is 18.7 Å². The van der Waals surface area contributed by atoms with Crippen molar-refractivity contribution in [3.05, 3.63) is 17.6 Å². The molecule has 0 bridgehead atoms. The topological polar surface area (TPSA) is 72.3 Å². The molecule has 0 N–H and O–H groups in total. The first kappa shape index (κ1) is 10.7. The van der Waals surface area contributed by atoms with Crippen molar-refractivity contribution in [2.45, 2.75) is 17.1 Å². The number of nitriles is 1. The summed E-state index contributed by atoms with van der Waals surface area (Å²) in [6, 6.07) is 2.15. The maximum absolute atomic E-state index is 9.05. The summed E-state index contributed by atoms with van der Waals surface area (Å²) in [7, 11) is 3.67. The number of hydrogen-bond donors (Lipinski definition) is 0. The zero-order valence-corrected chi connectivity index (χ0v) is 9.99. The van der Waals surface area contributed by atoms with E-state index in [9.17, 15) is 0 Å². The molecular weight excluding hydrogens is 224 g/mol. The van der Waals surface area contributed by atoms with E-state index in [1.54, 1.807) is 15.6 Å². The highest BCUT2D eigenvalue weighted by Crippen LogP contribution is 2.29. The summed E-state index contributed by atoms with van der Waals surface area (Å²) in [6.45, 7) is 1.82. The van der Waals surface area contributed by atoms with Crippen molar-refractivity contribution in [2.24, 2.45) is 14.1 Å². The molecule has 2 aromatic heterocycles. The molecule has 0 aromatic carbocycles. The molecule has 0 saturated carbocycles. The van der Waals surface area contributed by atoms with Crippen LogP contribution in [0.15, 0.2) is 16.5 Å². The van der Waals surface area contributed by atoms with Crippen molar-refractivity contribution in [3.63, 3.8) is 0 Å². The molecule has 0 aliphatic carbocycles. The third kappa shape index (κ3) is 1.67. The maximum Gasteiger partial charge on any atom is 0.197 e. The zero-order valence-electron chi connectivity index (χ0n) is 9.17. The van der Waals surface area contributed by atoms with Crippen molar-refractivity contribution < 1.29 is 0 Å². The molecule has 16 heavy (non-hydrogen) atoms. The molecule has 2 aromatic rings. The van der Waals surface area contributed by atoms with E-state index in [4.69, 9.17) is 5.26 Å². The highest BCUT2D eigenvalue weighted by atomic mass is 32.2. The minimum absolute atomic E-state index is 0.593. The van der Waals surface area contributed by atoms with Crippen LogP contribution in [-0.4, -0.2) is 24.5 Å². The second kappa shape index (κ2) is 3.98. The number of aryl methyl sites for hydroxylation is 3. The molecule has 0 aliphatic rings. The van der Waals surface area contributed by atoms with Gasteiger partial charge in [0.1, 0.15) is 23.0 Å². The van der Waals surface area contributed by atoms with Crippen LogP contribution in [0, 0.1) is 18.3 Å². The molecule has 0 radical (unpaired) electrons. The van der Waals surface area contributed by atoms with E-state index in [0.29, 0.717) is 5.56 Å². The normalized spacial score (nSPS) is 10.4. The van der Waals surface area contributed by atoms with E-state index in [1.165, 1.54) is 11.8 Å². The summed E-state index contributed by atoms with van der Waals surface area (Å²) in [5.74, 6) is 0. The summed E-state index contributed by atoms with van der Waals surface area (Å²) < 4.78 is 3.49. The van der Waals surface area contributed by atoms with E-state index >= 15 is 0 Å². The Morgan fingerprint density at radius 2 is 2.19 bits per heavy atom. The predicted molar refractivity (Wildman–Crippen MR) is 57.8 cm³/mol. The largest absolute Gasteiger partial charge is 0.311 e. The first-order valence-corrected chi connectivity index (χ1v) is 5.40. The van der Waals surface area contributed by atoms with E-state index in [-0.39, 0.29) is 0 Å². The summed E-state index contributed by atoms with van der Waals surface area (Å²) in [5.41, 5.74) is 1.32. The average Bonchev–Trinajstić information content (AvgIpc) is 2.74. The van der Waals surface area contributed by atoms with Gasteiger partial charge >= 0.3 is 0 Å². The van der Waals surface area contributed by atoms with Gasteiger partial charge in [0.25, 0.3) is 0 Å². The van der Waals surface area contributed by atoms with Crippen LogP contribution in [0.1, 0.15) is 11.3 Å². The average molecular weight is 234 g/mol. The van der Waals surface area contributed by atoms with Crippen molar-refractivity contribution in [2.75, 3.05) is 0 Å². The van der Waals surface area contributed by atoms with Crippen LogP contribution in [0.4, 0.5) is 0 Å². The SMILES string of the molecule is Cc1nn(C)c(Sc2nncn2C)c1C#N. The van der Waals surface area contributed by atoms with Gasteiger partial charge in [-0.3, -0.25) is 4.68 Å². The minimum Gasteiger partial charge on any atom is -0.311 e. The van der Waals surface area contributed by atoms with Crippen LogP contribution in [-0.2, 0) is 14.1 Å². The quantitative estimate of drug-likeness (QED) is 0.771. The molecule has 0 aliphatic heterocycles. The third-order valence-corrected chi connectivity index (χ3v) is 3.35. The molecule has 82 valence electrons. The van der Waals surface area contributed by atoms with Crippen LogP contribution in [0.5, 0.6) is 0 Å². The van der Waals surface area contributed by atoms with Gasteiger partial charge in [0, 0.05) is 14.1 Å². The second-order valence-electron chi connectivity index (χ2n) is 3.33. The van der Waals surface area contributed by atoms with Crippen molar-refractivity contribution in [1.82, 2.24) is 24.5 Å². The second-order valence-corrected chi connectivity index (χ2v) is 4.28. The smallest absolute Gasteiger partial charge is 0.197 e. The molecule has 2 rings (SSSR count). The molecular formula is C9H10N6S. The Bertz CT molecular complexity index is 561. The standard InChI is InChI=1S/C9H10N6S/c1-6-7(4-10)8(15(3)13-6)16-9-12-11-5-14(9)2/h5H,1-3H3. The van der Waals surface area contributed by atoms with Gasteiger partial charge < -0.3 is 4.57 Å². The van der Waals surface area contributed by atoms with E-state index in [1.807, 2.05) is 21.0 Å². The first-order valence-electron chi connectivity index (χ1n) is 4.59. The van der Waals surface area contributed by atoms with Gasteiger partial charge in [-0.2, -0.15) is 10.4 Å². The Kier molecular flexibility index (Phi) is 2.66. The third-order valence-electron chi connectivity index (χ3n) is 2.14. The van der Waals surface area contributed by atoms with Crippen LogP contribution >= 0.6 is 11.8 Å². The van der Waals surface area contributed by atoms with Crippen molar-refractivity contribution in [3.8, 4) is 6.07 Å². The van der Waals surface area contributed by atoms with Gasteiger partial charge in [-0.25, -0.2) is 0 Å². The first-order chi connectivity index (χ1) is 7.63. The fourth-order valence-electron chi connectivity index (χ4n) is 1.33. The Hall–Kier alpha value is -1.81. The summed E-state index contributed by atoms with van der Waals surface area (Å²) in [6.07, 6.45) is 1.62. The molecule has 0 fully saturated rings. The summed E-state index contributed by atoms with van der Waals surface area (Å²) in [5, 5.41) is 22.5. The number of hydrogen-bond acceptors (Lipinski definition) is 5. The maximum atomic E-state index is 9.05. The molecule has 0 unspecified atom stereocenters. The predicted octanol–water partition coefficient (Wildman–Crippen LogP) is 0.880. The molecule has 0 amide bonds. The van der Waals surface area contributed by atoms with E-state index in [2.05, 4.69) is 21.4 Å². The van der Waals surface area contributed by atoms with Gasteiger partial charge in [-0.15, -0.1) is 10.2 Å². The Balaban J connectivity index is 2.43. The van der Waals surface area contributed by atoms with Crippen LogP contribution < -0.4 is 0 Å². The highest BCUT2D eigenvalue weighted by molar-refractivity contribution is 7.99. The Morgan fingerprint density at radius 1 is 1.44 bits per heavy atom. The molecule has 2 heterocycles. The lowest BCUT2D eigenvalue weighted by Gasteiger charge is -2.00. The van der Waals surface area contributed by atoms with E-state index < -0.39 is 0 Å². The Morgan fingerprint density at radius 3 is 2.75 bits per heavy atom. The number of rotatable bonds is 2. The monoisotopic (exact) mass is 234 g/mol. The van der Waals surface area contributed by atoms with Gasteiger partial charge in [0.2, 0.25) is 0 Å². The summed E-state index contributed by atoms with van der Waals surface area (Å²) in [4.78, 5) is 0. The molecule has 0 spiro atoms. The van der Waals surface area contributed by atoms with Crippen LogP contribution in [0.25, 0.3) is 0 Å². The lowest BCUT2D eigenvalue weighted by Crippen LogP contribution is -1.95. The van der Waals surface area contributed by atoms with Gasteiger partial charge in [0.15, 0.2) is 5.16 Å².